The van der Waals surface area contributed by atoms with E-state index in [0.29, 0.717) is 17.9 Å². The number of thioether (sulfide) groups is 2. The molecule has 1 aromatic rings. The summed E-state index contributed by atoms with van der Waals surface area (Å²) in [5, 5.41) is 21.0. The molecular weight excluding hydrogens is 482 g/mol. The van der Waals surface area contributed by atoms with Gasteiger partial charge in [-0.2, -0.15) is 0 Å². The smallest absolute Gasteiger partial charge is 0.356 e. The highest BCUT2D eigenvalue weighted by molar-refractivity contribution is 8.14. The van der Waals surface area contributed by atoms with Gasteiger partial charge >= 0.3 is 5.97 Å². The van der Waals surface area contributed by atoms with Gasteiger partial charge in [-0.15, -0.1) is 11.8 Å². The third-order valence-electron chi connectivity index (χ3n) is 6.29. The van der Waals surface area contributed by atoms with Crippen LogP contribution < -0.4 is 0 Å². The minimum absolute atomic E-state index is 0.00111. The van der Waals surface area contributed by atoms with Gasteiger partial charge in [0.15, 0.2) is 0 Å². The van der Waals surface area contributed by atoms with Crippen molar-refractivity contribution in [1.29, 1.82) is 0 Å². The van der Waals surface area contributed by atoms with Gasteiger partial charge < -0.3 is 19.6 Å². The van der Waals surface area contributed by atoms with Crippen molar-refractivity contribution in [2.75, 3.05) is 19.3 Å². The van der Waals surface area contributed by atoms with Crippen LogP contribution in [0, 0.1) is 22.0 Å². The number of amides is 2. The Bertz CT molecular complexity index is 1060. The first-order valence-electron chi connectivity index (χ1n) is 10.8. The molecule has 10 nitrogen and oxygen atoms in total. The highest BCUT2D eigenvalue weighted by atomic mass is 32.2. The Balaban J connectivity index is 1.55. The molecule has 2 fully saturated rings. The molecule has 1 aromatic carbocycles. The van der Waals surface area contributed by atoms with E-state index < -0.39 is 22.9 Å². The monoisotopic (exact) mass is 507 g/mol. The number of β-lactam (4-membered cyclic amide) rings is 1. The first kappa shape index (κ1) is 24.6. The van der Waals surface area contributed by atoms with Crippen LogP contribution in [0.3, 0.4) is 0 Å². The highest BCUT2D eigenvalue weighted by Crippen LogP contribution is 2.52. The van der Waals surface area contributed by atoms with E-state index in [9.17, 15) is 29.6 Å². The van der Waals surface area contributed by atoms with Crippen LogP contribution >= 0.6 is 23.5 Å². The molecule has 0 saturated carbocycles. The number of esters is 1. The number of aliphatic hydroxyl groups excluding tert-OH is 1. The van der Waals surface area contributed by atoms with Crippen molar-refractivity contribution in [3.8, 4) is 0 Å². The van der Waals surface area contributed by atoms with Crippen LogP contribution in [0.15, 0.2) is 34.9 Å². The number of nitro benzene ring substituents is 1. The van der Waals surface area contributed by atoms with E-state index in [2.05, 4.69) is 0 Å². The number of hydrogen-bond donors (Lipinski definition) is 1. The van der Waals surface area contributed by atoms with E-state index in [4.69, 9.17) is 4.74 Å². The Morgan fingerprint density at radius 3 is 2.62 bits per heavy atom. The van der Waals surface area contributed by atoms with E-state index in [1.807, 2.05) is 6.92 Å². The molecule has 5 atom stereocenters. The van der Waals surface area contributed by atoms with Gasteiger partial charge in [-0.3, -0.25) is 19.7 Å². The summed E-state index contributed by atoms with van der Waals surface area (Å²) in [4.78, 5) is 52.0. The standard InChI is InChI=1S/C22H25N3O7S2/c1-11-17-16(12(2)26)20(27)24(17)18(19(11)34-15-8-23(3)22(29)33-10-15)21(28)32-9-13-4-6-14(7-5-13)25(30)31/h4-7,11-12,15-17,26H,8-10H2,1-3H3/t11-,12-,15?,16-,17-/m1/s1. The number of rotatable bonds is 7. The average molecular weight is 508 g/mol. The number of benzene rings is 1. The predicted molar refractivity (Wildman–Crippen MR) is 127 cm³/mol. The molecule has 2 saturated heterocycles. The fourth-order valence-electron chi connectivity index (χ4n) is 4.56. The van der Waals surface area contributed by atoms with Crippen molar-refractivity contribution < 1.29 is 29.2 Å². The van der Waals surface area contributed by atoms with Crippen molar-refractivity contribution in [3.05, 3.63) is 50.5 Å². The van der Waals surface area contributed by atoms with E-state index >= 15 is 0 Å². The number of carbonyl (C=O) groups excluding carboxylic acids is 3. The lowest BCUT2D eigenvalue weighted by molar-refractivity contribution is -0.384. The predicted octanol–water partition coefficient (Wildman–Crippen LogP) is 2.61. The summed E-state index contributed by atoms with van der Waals surface area (Å²) in [5.74, 6) is -1.13. The van der Waals surface area contributed by atoms with Crippen molar-refractivity contribution in [2.24, 2.45) is 11.8 Å². The van der Waals surface area contributed by atoms with Gasteiger partial charge in [-0.05, 0) is 24.6 Å². The summed E-state index contributed by atoms with van der Waals surface area (Å²) in [6, 6.07) is 5.37. The van der Waals surface area contributed by atoms with Gasteiger partial charge in [0.1, 0.15) is 12.3 Å². The van der Waals surface area contributed by atoms with Gasteiger partial charge in [0.2, 0.25) is 5.91 Å². The third kappa shape index (κ3) is 4.41. The van der Waals surface area contributed by atoms with Gasteiger partial charge in [-0.25, -0.2) is 4.79 Å². The van der Waals surface area contributed by atoms with Crippen LogP contribution in [0.25, 0.3) is 0 Å². The second kappa shape index (κ2) is 9.59. The van der Waals surface area contributed by atoms with E-state index in [-0.39, 0.29) is 46.3 Å². The summed E-state index contributed by atoms with van der Waals surface area (Å²) >= 11 is 2.70. The normalized spacial score (nSPS) is 27.4. The van der Waals surface area contributed by atoms with Crippen LogP contribution in [-0.4, -0.2) is 73.7 Å². The fraction of sp³-hybridized carbons (Fsp3) is 0.500. The zero-order valence-electron chi connectivity index (χ0n) is 18.9. The number of aliphatic hydroxyl groups is 1. The molecule has 0 bridgehead atoms. The Labute approximate surface area is 204 Å². The maximum Gasteiger partial charge on any atom is 0.356 e. The van der Waals surface area contributed by atoms with Gasteiger partial charge in [0, 0.05) is 47.6 Å². The van der Waals surface area contributed by atoms with Crippen molar-refractivity contribution >= 4 is 46.3 Å². The maximum absolute atomic E-state index is 13.2. The molecule has 4 rings (SSSR count). The third-order valence-corrected chi connectivity index (χ3v) is 9.10. The molecule has 34 heavy (non-hydrogen) atoms. The zero-order chi connectivity index (χ0) is 24.7. The molecule has 0 spiro atoms. The summed E-state index contributed by atoms with van der Waals surface area (Å²) in [6.45, 7) is 3.93. The SMILES string of the molecule is C[C@@H](O)[C@H]1C(=O)N2C(C(=O)OCc3ccc([N+](=O)[O-])cc3)=C(SC3CSC(=O)N(C)C3)[C@H](C)[C@H]12. The maximum atomic E-state index is 13.2. The minimum atomic E-state index is -0.841. The van der Waals surface area contributed by atoms with Crippen LogP contribution in [-0.2, 0) is 20.9 Å². The molecule has 2 amide bonds. The molecule has 12 heteroatoms. The van der Waals surface area contributed by atoms with Crippen LogP contribution in [0.1, 0.15) is 19.4 Å². The number of non-ortho nitro benzene ring substituents is 1. The van der Waals surface area contributed by atoms with Crippen LogP contribution in [0.5, 0.6) is 0 Å². The summed E-state index contributed by atoms with van der Waals surface area (Å²) < 4.78 is 5.51. The first-order chi connectivity index (χ1) is 16.1. The number of ether oxygens (including phenoxy) is 1. The number of carbonyl (C=O) groups is 3. The Morgan fingerprint density at radius 2 is 2.03 bits per heavy atom. The summed E-state index contributed by atoms with van der Waals surface area (Å²) in [6.07, 6.45) is -0.841. The molecule has 0 aliphatic carbocycles. The van der Waals surface area contributed by atoms with E-state index in [1.165, 1.54) is 52.7 Å². The molecule has 3 heterocycles. The van der Waals surface area contributed by atoms with Crippen LogP contribution in [0.4, 0.5) is 10.5 Å². The van der Waals surface area contributed by atoms with Gasteiger partial charge in [-0.1, -0.05) is 18.7 Å². The van der Waals surface area contributed by atoms with Crippen LogP contribution in [0.2, 0.25) is 0 Å². The fourth-order valence-corrected chi connectivity index (χ4v) is 7.07. The molecule has 0 aromatic heterocycles. The summed E-state index contributed by atoms with van der Waals surface area (Å²) in [7, 11) is 1.73. The molecule has 0 radical (unpaired) electrons. The van der Waals surface area contributed by atoms with Gasteiger partial charge in [0.25, 0.3) is 10.9 Å². The lowest BCUT2D eigenvalue weighted by Gasteiger charge is -2.46. The zero-order valence-corrected chi connectivity index (χ0v) is 20.5. The Kier molecular flexibility index (Phi) is 6.92. The molecular formula is C22H25N3O7S2. The largest absolute Gasteiger partial charge is 0.456 e. The Morgan fingerprint density at radius 1 is 1.35 bits per heavy atom. The quantitative estimate of drug-likeness (QED) is 0.256. The molecule has 3 aliphatic rings. The Hall–Kier alpha value is -2.57. The number of fused-ring (bicyclic) bond motifs is 1. The molecule has 1 N–H and O–H groups in total. The van der Waals surface area contributed by atoms with Gasteiger partial charge in [0.05, 0.1) is 23.0 Å². The van der Waals surface area contributed by atoms with Crippen molar-refractivity contribution in [1.82, 2.24) is 9.80 Å². The summed E-state index contributed by atoms with van der Waals surface area (Å²) in [5.41, 5.74) is 0.709. The molecule has 3 aliphatic heterocycles. The lowest BCUT2D eigenvalue weighted by atomic mass is 9.79. The van der Waals surface area contributed by atoms with Crippen molar-refractivity contribution in [2.45, 2.75) is 37.9 Å². The minimum Gasteiger partial charge on any atom is -0.456 e. The van der Waals surface area contributed by atoms with Crippen molar-refractivity contribution in [3.63, 3.8) is 0 Å². The topological polar surface area (TPSA) is 130 Å². The number of nitrogens with zero attached hydrogens (tertiary/aromatic N) is 3. The second-order valence-corrected chi connectivity index (χ2v) is 11.0. The first-order valence-corrected chi connectivity index (χ1v) is 12.7. The lowest BCUT2D eigenvalue weighted by Crippen LogP contribution is -2.63. The second-order valence-electron chi connectivity index (χ2n) is 8.66. The highest BCUT2D eigenvalue weighted by Gasteiger charge is 2.60. The molecule has 182 valence electrons. The van der Waals surface area contributed by atoms with E-state index in [1.54, 1.807) is 18.9 Å². The number of hydrogen-bond acceptors (Lipinski definition) is 9. The average Bonchev–Trinajstić information content (AvgIpc) is 3.02. The molecule has 1 unspecified atom stereocenters. The number of nitro groups is 1. The van der Waals surface area contributed by atoms with E-state index in [0.717, 1.165) is 4.91 Å².